The summed E-state index contributed by atoms with van der Waals surface area (Å²) in [5.74, 6) is 0.795. The molecule has 22 heavy (non-hydrogen) atoms. The van der Waals surface area contributed by atoms with Gasteiger partial charge in [0.1, 0.15) is 5.75 Å². The van der Waals surface area contributed by atoms with Crippen molar-refractivity contribution in [1.29, 1.82) is 0 Å². The van der Waals surface area contributed by atoms with E-state index in [-0.39, 0.29) is 6.03 Å². The lowest BCUT2D eigenvalue weighted by atomic mass is 10.2. The number of amides is 2. The third kappa shape index (κ3) is 4.52. The van der Waals surface area contributed by atoms with Gasteiger partial charge in [-0.2, -0.15) is 0 Å². The summed E-state index contributed by atoms with van der Waals surface area (Å²) in [6, 6.07) is 17.6. The highest BCUT2D eigenvalue weighted by Gasteiger charge is 2.11. The summed E-state index contributed by atoms with van der Waals surface area (Å²) in [5, 5.41) is 2.95. The van der Waals surface area contributed by atoms with Crippen molar-refractivity contribution in [3.63, 3.8) is 0 Å². The average Bonchev–Trinajstić information content (AvgIpc) is 2.58. The number of hydrogen-bond acceptors (Lipinski definition) is 2. The highest BCUT2D eigenvalue weighted by Crippen LogP contribution is 2.12. The molecular formula is C18H22N2O2. The molecular weight excluding hydrogens is 276 g/mol. The number of carbonyl (C=O) groups is 1. The molecule has 4 heteroatoms. The van der Waals surface area contributed by atoms with Crippen LogP contribution in [0.5, 0.6) is 5.75 Å². The Morgan fingerprint density at radius 3 is 2.50 bits per heavy atom. The van der Waals surface area contributed by atoms with Crippen molar-refractivity contribution in [3.05, 3.63) is 65.7 Å². The molecule has 0 atom stereocenters. The summed E-state index contributed by atoms with van der Waals surface area (Å²) in [4.78, 5) is 14.1. The summed E-state index contributed by atoms with van der Waals surface area (Å²) in [7, 11) is 1.64. The van der Waals surface area contributed by atoms with E-state index in [1.807, 2.05) is 61.5 Å². The SMILES string of the molecule is CCN(Cc1ccccc1)C(=O)NCc1cccc(OC)c1. The Balaban J connectivity index is 1.91. The normalized spacial score (nSPS) is 10.1. The molecule has 0 radical (unpaired) electrons. The molecule has 0 saturated carbocycles. The zero-order chi connectivity index (χ0) is 15.8. The van der Waals surface area contributed by atoms with Crippen molar-refractivity contribution in [2.45, 2.75) is 20.0 Å². The van der Waals surface area contributed by atoms with E-state index in [9.17, 15) is 4.79 Å². The molecule has 1 N–H and O–H groups in total. The number of nitrogens with one attached hydrogen (secondary N) is 1. The molecule has 0 aliphatic carbocycles. The molecule has 0 fully saturated rings. The van der Waals surface area contributed by atoms with E-state index in [1.54, 1.807) is 12.0 Å². The number of rotatable bonds is 6. The number of benzene rings is 2. The Kier molecular flexibility index (Phi) is 5.83. The monoisotopic (exact) mass is 298 g/mol. The van der Waals surface area contributed by atoms with Gasteiger partial charge in [0.05, 0.1) is 7.11 Å². The summed E-state index contributed by atoms with van der Waals surface area (Å²) >= 11 is 0. The van der Waals surface area contributed by atoms with Crippen molar-refractivity contribution < 1.29 is 9.53 Å². The van der Waals surface area contributed by atoms with Crippen LogP contribution in [0.25, 0.3) is 0 Å². The summed E-state index contributed by atoms with van der Waals surface area (Å²) in [6.07, 6.45) is 0. The molecule has 0 saturated heterocycles. The number of ether oxygens (including phenoxy) is 1. The van der Waals surface area contributed by atoms with Crippen LogP contribution >= 0.6 is 0 Å². The average molecular weight is 298 g/mol. The van der Waals surface area contributed by atoms with E-state index in [2.05, 4.69) is 5.32 Å². The van der Waals surface area contributed by atoms with Crippen LogP contribution in [-0.4, -0.2) is 24.6 Å². The highest BCUT2D eigenvalue weighted by atomic mass is 16.5. The first kappa shape index (κ1) is 15.9. The molecule has 2 aromatic rings. The lowest BCUT2D eigenvalue weighted by Crippen LogP contribution is -2.39. The first-order valence-electron chi connectivity index (χ1n) is 7.42. The molecule has 2 aromatic carbocycles. The van der Waals surface area contributed by atoms with Crippen molar-refractivity contribution in [3.8, 4) is 5.75 Å². The van der Waals surface area contributed by atoms with Crippen LogP contribution in [0, 0.1) is 0 Å². The quantitative estimate of drug-likeness (QED) is 0.887. The van der Waals surface area contributed by atoms with Crippen molar-refractivity contribution in [2.24, 2.45) is 0 Å². The second-order valence-corrected chi connectivity index (χ2v) is 5.01. The number of nitrogens with zero attached hydrogens (tertiary/aromatic N) is 1. The maximum absolute atomic E-state index is 12.3. The Morgan fingerprint density at radius 2 is 1.82 bits per heavy atom. The molecule has 4 nitrogen and oxygen atoms in total. The lowest BCUT2D eigenvalue weighted by molar-refractivity contribution is 0.197. The fourth-order valence-electron chi connectivity index (χ4n) is 2.20. The zero-order valence-corrected chi connectivity index (χ0v) is 13.1. The molecule has 116 valence electrons. The van der Waals surface area contributed by atoms with Crippen LogP contribution in [-0.2, 0) is 13.1 Å². The van der Waals surface area contributed by atoms with Crippen LogP contribution < -0.4 is 10.1 Å². The first-order valence-corrected chi connectivity index (χ1v) is 7.42. The maximum Gasteiger partial charge on any atom is 0.317 e. The van der Waals surface area contributed by atoms with Crippen LogP contribution in [0.3, 0.4) is 0 Å². The minimum absolute atomic E-state index is 0.0610. The molecule has 0 aliphatic rings. The zero-order valence-electron chi connectivity index (χ0n) is 13.1. The van der Waals surface area contributed by atoms with Gasteiger partial charge in [0, 0.05) is 19.6 Å². The second kappa shape index (κ2) is 8.08. The molecule has 2 amide bonds. The predicted molar refractivity (Wildman–Crippen MR) is 87.8 cm³/mol. The van der Waals surface area contributed by atoms with E-state index in [4.69, 9.17) is 4.74 Å². The van der Waals surface area contributed by atoms with Crippen molar-refractivity contribution in [1.82, 2.24) is 10.2 Å². The Morgan fingerprint density at radius 1 is 1.09 bits per heavy atom. The molecule has 0 aromatic heterocycles. The molecule has 0 heterocycles. The first-order chi connectivity index (χ1) is 10.7. The van der Waals surface area contributed by atoms with Crippen LogP contribution in [0.15, 0.2) is 54.6 Å². The van der Waals surface area contributed by atoms with Crippen molar-refractivity contribution >= 4 is 6.03 Å². The third-order valence-corrected chi connectivity index (χ3v) is 3.46. The van der Waals surface area contributed by atoms with Crippen molar-refractivity contribution in [2.75, 3.05) is 13.7 Å². The van der Waals surface area contributed by atoms with Gasteiger partial charge in [-0.3, -0.25) is 0 Å². The predicted octanol–water partition coefficient (Wildman–Crippen LogP) is 3.43. The Labute approximate surface area is 131 Å². The Hall–Kier alpha value is -2.49. The van der Waals surface area contributed by atoms with Crippen LogP contribution in [0.2, 0.25) is 0 Å². The number of methoxy groups -OCH3 is 1. The van der Waals surface area contributed by atoms with Gasteiger partial charge in [-0.15, -0.1) is 0 Å². The molecule has 2 rings (SSSR count). The van der Waals surface area contributed by atoms with Gasteiger partial charge in [-0.05, 0) is 30.2 Å². The van der Waals surface area contributed by atoms with Gasteiger partial charge >= 0.3 is 6.03 Å². The second-order valence-electron chi connectivity index (χ2n) is 5.01. The molecule has 0 aliphatic heterocycles. The van der Waals surface area contributed by atoms with Crippen LogP contribution in [0.1, 0.15) is 18.1 Å². The van der Waals surface area contributed by atoms with E-state index in [0.29, 0.717) is 19.6 Å². The standard InChI is InChI=1S/C18H22N2O2/c1-3-20(14-15-8-5-4-6-9-15)18(21)19-13-16-10-7-11-17(12-16)22-2/h4-12H,3,13-14H2,1-2H3,(H,19,21). The molecule has 0 unspecified atom stereocenters. The minimum Gasteiger partial charge on any atom is -0.497 e. The fraction of sp³-hybridized carbons (Fsp3) is 0.278. The largest absolute Gasteiger partial charge is 0.497 e. The summed E-state index contributed by atoms with van der Waals surface area (Å²) in [5.41, 5.74) is 2.14. The highest BCUT2D eigenvalue weighted by molar-refractivity contribution is 5.74. The van der Waals surface area contributed by atoms with Gasteiger partial charge in [-0.1, -0.05) is 42.5 Å². The topological polar surface area (TPSA) is 41.6 Å². The smallest absolute Gasteiger partial charge is 0.317 e. The van der Waals surface area contributed by atoms with Gasteiger partial charge < -0.3 is 15.0 Å². The fourth-order valence-corrected chi connectivity index (χ4v) is 2.20. The van der Waals surface area contributed by atoms with Crippen LogP contribution in [0.4, 0.5) is 4.79 Å². The van der Waals surface area contributed by atoms with Gasteiger partial charge in [0.15, 0.2) is 0 Å². The third-order valence-electron chi connectivity index (χ3n) is 3.46. The molecule has 0 spiro atoms. The maximum atomic E-state index is 12.3. The lowest BCUT2D eigenvalue weighted by Gasteiger charge is -2.21. The number of carbonyl (C=O) groups excluding carboxylic acids is 1. The van der Waals surface area contributed by atoms with E-state index < -0.39 is 0 Å². The minimum atomic E-state index is -0.0610. The van der Waals surface area contributed by atoms with E-state index in [1.165, 1.54) is 0 Å². The number of hydrogen-bond donors (Lipinski definition) is 1. The molecule has 0 bridgehead atoms. The number of urea groups is 1. The Bertz CT molecular complexity index is 599. The van der Waals surface area contributed by atoms with E-state index >= 15 is 0 Å². The van der Waals surface area contributed by atoms with Gasteiger partial charge in [-0.25, -0.2) is 4.79 Å². The van der Waals surface area contributed by atoms with Gasteiger partial charge in [0.2, 0.25) is 0 Å². The van der Waals surface area contributed by atoms with E-state index in [0.717, 1.165) is 16.9 Å². The summed E-state index contributed by atoms with van der Waals surface area (Å²) in [6.45, 7) is 3.75. The van der Waals surface area contributed by atoms with Gasteiger partial charge in [0.25, 0.3) is 0 Å². The summed E-state index contributed by atoms with van der Waals surface area (Å²) < 4.78 is 5.19.